The Morgan fingerprint density at radius 1 is 1.14 bits per heavy atom. The molecule has 0 radical (unpaired) electrons. The summed E-state index contributed by atoms with van der Waals surface area (Å²) in [5, 5.41) is 3.77. The van der Waals surface area contributed by atoms with Crippen LogP contribution in [0, 0.1) is 0 Å². The molecule has 0 bridgehead atoms. The van der Waals surface area contributed by atoms with Gasteiger partial charge in [0.25, 0.3) is 0 Å². The Morgan fingerprint density at radius 3 is 2.29 bits per heavy atom. The molecule has 1 saturated carbocycles. The Labute approximate surface area is 87.4 Å². The highest BCUT2D eigenvalue weighted by Gasteiger charge is 2.23. The fraction of sp³-hybridized carbons (Fsp3) is 0.833. The van der Waals surface area contributed by atoms with Crippen molar-refractivity contribution in [3.8, 4) is 0 Å². The first-order valence-electron chi connectivity index (χ1n) is 5.98. The van der Waals surface area contributed by atoms with Crippen molar-refractivity contribution in [1.82, 2.24) is 10.2 Å². The molecule has 2 fully saturated rings. The van der Waals surface area contributed by atoms with Crippen molar-refractivity contribution in [2.24, 2.45) is 0 Å². The Bertz CT molecular complexity index is 179. The molecule has 0 atom stereocenters. The van der Waals surface area contributed by atoms with Crippen molar-refractivity contribution < 1.29 is 0 Å². The van der Waals surface area contributed by atoms with Crippen molar-refractivity contribution in [2.75, 3.05) is 19.6 Å². The highest BCUT2D eigenvalue weighted by atomic mass is 15.1. The summed E-state index contributed by atoms with van der Waals surface area (Å²) in [6.45, 7) is 7.35. The van der Waals surface area contributed by atoms with Crippen LogP contribution in [0.4, 0.5) is 0 Å². The molecule has 2 nitrogen and oxygen atoms in total. The van der Waals surface area contributed by atoms with E-state index in [1.165, 1.54) is 45.2 Å². The average molecular weight is 194 g/mol. The molecule has 0 aromatic heterocycles. The Hall–Kier alpha value is -0.340. The van der Waals surface area contributed by atoms with Gasteiger partial charge in [0, 0.05) is 18.6 Å². The van der Waals surface area contributed by atoms with E-state index in [2.05, 4.69) is 16.8 Å². The molecule has 1 aliphatic heterocycles. The molecule has 2 rings (SSSR count). The summed E-state index contributed by atoms with van der Waals surface area (Å²) in [6, 6.07) is 1.65. The van der Waals surface area contributed by atoms with Crippen molar-refractivity contribution >= 4 is 0 Å². The molecule has 1 heterocycles. The fourth-order valence-corrected chi connectivity index (χ4v) is 2.37. The first-order chi connectivity index (χ1) is 6.88. The van der Waals surface area contributed by atoms with E-state index < -0.39 is 0 Å². The number of hydrogen-bond acceptors (Lipinski definition) is 2. The fourth-order valence-electron chi connectivity index (χ4n) is 2.37. The third-order valence-electron chi connectivity index (χ3n) is 3.55. The maximum Gasteiger partial charge on any atom is 0.0160 e. The molecule has 0 aromatic carbocycles. The smallest absolute Gasteiger partial charge is 0.0160 e. The van der Waals surface area contributed by atoms with E-state index >= 15 is 0 Å². The van der Waals surface area contributed by atoms with Gasteiger partial charge >= 0.3 is 0 Å². The van der Waals surface area contributed by atoms with E-state index in [9.17, 15) is 0 Å². The van der Waals surface area contributed by atoms with E-state index in [1.807, 2.05) is 6.08 Å². The lowest BCUT2D eigenvalue weighted by molar-refractivity contribution is 0.190. The van der Waals surface area contributed by atoms with Gasteiger partial charge in [0.1, 0.15) is 0 Å². The van der Waals surface area contributed by atoms with Gasteiger partial charge in [-0.1, -0.05) is 12.5 Å². The van der Waals surface area contributed by atoms with Crippen LogP contribution < -0.4 is 5.32 Å². The first-order valence-corrected chi connectivity index (χ1v) is 5.98. The number of hydrogen-bond donors (Lipinski definition) is 1. The summed E-state index contributed by atoms with van der Waals surface area (Å²) in [5.74, 6) is 0. The van der Waals surface area contributed by atoms with E-state index in [1.54, 1.807) is 0 Å². The third-order valence-corrected chi connectivity index (χ3v) is 3.55. The van der Waals surface area contributed by atoms with E-state index in [-0.39, 0.29) is 0 Å². The SMILES string of the molecule is C=CCN1CCC(NC2CCC2)CC1. The minimum atomic E-state index is 0.793. The van der Waals surface area contributed by atoms with Crippen LogP contribution in [0.1, 0.15) is 32.1 Å². The van der Waals surface area contributed by atoms with Crippen LogP contribution in [0.3, 0.4) is 0 Å². The highest BCUT2D eigenvalue weighted by molar-refractivity contribution is 4.85. The molecule has 14 heavy (non-hydrogen) atoms. The molecule has 2 heteroatoms. The summed E-state index contributed by atoms with van der Waals surface area (Å²) in [6.07, 6.45) is 8.92. The summed E-state index contributed by atoms with van der Waals surface area (Å²) >= 11 is 0. The normalized spacial score (nSPS) is 26.0. The quantitative estimate of drug-likeness (QED) is 0.686. The standard InChI is InChI=1S/C12H22N2/c1-2-8-14-9-6-12(7-10-14)13-11-4-3-5-11/h2,11-13H,1,3-10H2. The molecule has 0 amide bonds. The van der Waals surface area contributed by atoms with Crippen molar-refractivity contribution in [1.29, 1.82) is 0 Å². The van der Waals surface area contributed by atoms with Gasteiger partial charge in [0.15, 0.2) is 0 Å². The van der Waals surface area contributed by atoms with Crippen LogP contribution in [0.25, 0.3) is 0 Å². The maximum atomic E-state index is 3.79. The molecular weight excluding hydrogens is 172 g/mol. The van der Waals surface area contributed by atoms with Crippen LogP contribution in [0.2, 0.25) is 0 Å². The van der Waals surface area contributed by atoms with Gasteiger partial charge in [0.05, 0.1) is 0 Å². The summed E-state index contributed by atoms with van der Waals surface area (Å²) < 4.78 is 0. The van der Waals surface area contributed by atoms with Gasteiger partial charge in [-0.15, -0.1) is 6.58 Å². The third kappa shape index (κ3) is 2.58. The Balaban J connectivity index is 1.64. The Morgan fingerprint density at radius 2 is 1.79 bits per heavy atom. The lowest BCUT2D eigenvalue weighted by atomic mass is 9.91. The van der Waals surface area contributed by atoms with Gasteiger partial charge in [0.2, 0.25) is 0 Å². The van der Waals surface area contributed by atoms with Gasteiger partial charge in [-0.2, -0.15) is 0 Å². The number of rotatable bonds is 4. The zero-order valence-electron chi connectivity index (χ0n) is 9.04. The van der Waals surface area contributed by atoms with Gasteiger partial charge in [-0.05, 0) is 38.8 Å². The average Bonchev–Trinajstić information content (AvgIpc) is 2.14. The molecule has 1 aliphatic carbocycles. The van der Waals surface area contributed by atoms with Crippen molar-refractivity contribution in [3.63, 3.8) is 0 Å². The number of piperidine rings is 1. The van der Waals surface area contributed by atoms with Crippen LogP contribution in [-0.4, -0.2) is 36.6 Å². The largest absolute Gasteiger partial charge is 0.311 e. The molecule has 1 saturated heterocycles. The second-order valence-corrected chi connectivity index (χ2v) is 4.66. The van der Waals surface area contributed by atoms with Crippen LogP contribution in [0.5, 0.6) is 0 Å². The molecular formula is C12H22N2. The first kappa shape index (κ1) is 10.2. The van der Waals surface area contributed by atoms with E-state index in [0.29, 0.717) is 0 Å². The Kier molecular flexibility index (Phi) is 3.60. The summed E-state index contributed by atoms with van der Waals surface area (Å²) in [7, 11) is 0. The van der Waals surface area contributed by atoms with Crippen molar-refractivity contribution in [3.05, 3.63) is 12.7 Å². The summed E-state index contributed by atoms with van der Waals surface area (Å²) in [4.78, 5) is 2.49. The van der Waals surface area contributed by atoms with Gasteiger partial charge < -0.3 is 5.32 Å². The lowest BCUT2D eigenvalue weighted by Crippen LogP contribution is -2.48. The molecule has 1 N–H and O–H groups in total. The van der Waals surface area contributed by atoms with E-state index in [4.69, 9.17) is 0 Å². The number of nitrogens with one attached hydrogen (secondary N) is 1. The highest BCUT2D eigenvalue weighted by Crippen LogP contribution is 2.21. The predicted molar refractivity (Wildman–Crippen MR) is 60.4 cm³/mol. The second kappa shape index (κ2) is 4.94. The van der Waals surface area contributed by atoms with Crippen molar-refractivity contribution in [2.45, 2.75) is 44.2 Å². The van der Waals surface area contributed by atoms with E-state index in [0.717, 1.165) is 18.6 Å². The van der Waals surface area contributed by atoms with Crippen LogP contribution >= 0.6 is 0 Å². The number of nitrogens with zero attached hydrogens (tertiary/aromatic N) is 1. The molecule has 0 aromatic rings. The van der Waals surface area contributed by atoms with Gasteiger partial charge in [-0.3, -0.25) is 4.90 Å². The topological polar surface area (TPSA) is 15.3 Å². The molecule has 0 spiro atoms. The van der Waals surface area contributed by atoms with Crippen LogP contribution in [-0.2, 0) is 0 Å². The summed E-state index contributed by atoms with van der Waals surface area (Å²) in [5.41, 5.74) is 0. The minimum absolute atomic E-state index is 0.793. The molecule has 2 aliphatic rings. The zero-order chi connectivity index (χ0) is 9.80. The predicted octanol–water partition coefficient (Wildman–Crippen LogP) is 1.78. The minimum Gasteiger partial charge on any atom is -0.311 e. The zero-order valence-corrected chi connectivity index (χ0v) is 9.04. The second-order valence-electron chi connectivity index (χ2n) is 4.66. The molecule has 80 valence electrons. The number of likely N-dealkylation sites (tertiary alicyclic amines) is 1. The van der Waals surface area contributed by atoms with Gasteiger partial charge in [-0.25, -0.2) is 0 Å². The monoisotopic (exact) mass is 194 g/mol. The lowest BCUT2D eigenvalue weighted by Gasteiger charge is -2.36. The maximum absolute atomic E-state index is 3.79. The molecule has 0 unspecified atom stereocenters. The van der Waals surface area contributed by atoms with Crippen LogP contribution in [0.15, 0.2) is 12.7 Å².